The number of ether oxygens (including phenoxy) is 1. The zero-order valence-electron chi connectivity index (χ0n) is 17.5. The summed E-state index contributed by atoms with van der Waals surface area (Å²) in [5, 5.41) is 18.0. The predicted octanol–water partition coefficient (Wildman–Crippen LogP) is 3.06. The molecule has 0 aromatic carbocycles. The van der Waals surface area contributed by atoms with E-state index in [4.69, 9.17) is 9.84 Å². The Labute approximate surface area is 197 Å². The Morgan fingerprint density at radius 2 is 1.55 bits per heavy atom. The van der Waals surface area contributed by atoms with E-state index in [2.05, 4.69) is 11.9 Å². The average Bonchev–Trinajstić information content (AvgIpc) is 3.02. The van der Waals surface area contributed by atoms with Crippen LogP contribution in [0, 0.1) is 0 Å². The third-order valence-corrected chi connectivity index (χ3v) is 5.45. The number of rotatable bonds is 18. The first-order valence-electron chi connectivity index (χ1n) is 10.9. The van der Waals surface area contributed by atoms with Crippen molar-refractivity contribution in [1.29, 1.82) is 0 Å². The van der Waals surface area contributed by atoms with E-state index < -0.39 is 11.9 Å². The van der Waals surface area contributed by atoms with E-state index in [-0.39, 0.29) is 49.3 Å². The Hall–Kier alpha value is -0.470. The average molecular weight is 424 g/mol. The molecule has 164 valence electrons. The number of carboxylic acids is 2. The second kappa shape index (κ2) is 17.2. The minimum absolute atomic E-state index is 0. The third kappa shape index (κ3) is 12.7. The summed E-state index contributed by atoms with van der Waals surface area (Å²) in [4.78, 5) is 26.6. The fourth-order valence-electron chi connectivity index (χ4n) is 3.88. The van der Waals surface area contributed by atoms with Gasteiger partial charge in [-0.05, 0) is 6.42 Å². The standard InChI is InChI=1S/C21H38N2O5.Na.H/c1-2-3-4-5-6-7-8-9-10-11-12-19-22-13-14-23(19,17-20(24)25)15-16-28-18-21(26)27;;/h2-18H2,1H3,(H-,24,25,26,27);;/p+1. The maximum atomic E-state index is 11.4. The number of carbonyl (C=O) groups is 2. The number of aliphatic imine (C=N–C) groups is 1. The van der Waals surface area contributed by atoms with Gasteiger partial charge in [-0.15, -0.1) is 0 Å². The molecule has 0 bridgehead atoms. The van der Waals surface area contributed by atoms with Gasteiger partial charge < -0.3 is 14.9 Å². The van der Waals surface area contributed by atoms with Crippen molar-refractivity contribution in [3.8, 4) is 0 Å². The van der Waals surface area contributed by atoms with Crippen molar-refractivity contribution in [3.63, 3.8) is 0 Å². The van der Waals surface area contributed by atoms with E-state index in [9.17, 15) is 14.7 Å². The van der Waals surface area contributed by atoms with Crippen LogP contribution >= 0.6 is 0 Å². The van der Waals surface area contributed by atoms with Crippen molar-refractivity contribution in [2.24, 2.45) is 4.99 Å². The van der Waals surface area contributed by atoms with Gasteiger partial charge in [0.15, 0.2) is 12.4 Å². The van der Waals surface area contributed by atoms with Gasteiger partial charge in [0.05, 0.1) is 13.2 Å². The molecule has 0 spiro atoms. The van der Waals surface area contributed by atoms with Crippen LogP contribution in [-0.2, 0) is 14.3 Å². The summed E-state index contributed by atoms with van der Waals surface area (Å²) in [6, 6.07) is 0. The van der Waals surface area contributed by atoms with Gasteiger partial charge in [-0.3, -0.25) is 4.48 Å². The number of aliphatic carboxylic acids is 2. The fraction of sp³-hybridized carbons (Fsp3) is 0.857. The number of nitrogens with zero attached hydrogens (tertiary/aromatic N) is 2. The van der Waals surface area contributed by atoms with E-state index in [0.717, 1.165) is 25.1 Å². The third-order valence-electron chi connectivity index (χ3n) is 5.45. The molecule has 7 nitrogen and oxygen atoms in total. The van der Waals surface area contributed by atoms with Crippen LogP contribution in [0.25, 0.3) is 0 Å². The Balaban J connectivity index is 0.00000784. The summed E-state index contributed by atoms with van der Waals surface area (Å²) in [6.45, 7) is 3.88. The Morgan fingerprint density at radius 3 is 2.10 bits per heavy atom. The summed E-state index contributed by atoms with van der Waals surface area (Å²) < 4.78 is 5.47. The van der Waals surface area contributed by atoms with Gasteiger partial charge >= 0.3 is 41.5 Å². The summed E-state index contributed by atoms with van der Waals surface area (Å²) in [6.07, 6.45) is 13.5. The molecule has 0 saturated heterocycles. The molecule has 0 saturated carbocycles. The van der Waals surface area contributed by atoms with Crippen LogP contribution in [0.4, 0.5) is 0 Å². The van der Waals surface area contributed by atoms with Gasteiger partial charge in [-0.1, -0.05) is 64.7 Å². The predicted molar refractivity (Wildman–Crippen MR) is 117 cm³/mol. The zero-order chi connectivity index (χ0) is 20.7. The van der Waals surface area contributed by atoms with Crippen molar-refractivity contribution in [2.45, 2.75) is 77.6 Å². The van der Waals surface area contributed by atoms with E-state index >= 15 is 0 Å². The number of unbranched alkanes of at least 4 members (excludes halogenated alkanes) is 9. The SMILES string of the molecule is CCCCCCCCCCCCC1=NCC[N+]1(CCOCC(=O)O)CC(=O)O.[NaH]. The molecular formula is C21H40N2NaO5+. The van der Waals surface area contributed by atoms with Crippen LogP contribution < -0.4 is 0 Å². The van der Waals surface area contributed by atoms with Gasteiger partial charge in [0.1, 0.15) is 19.7 Å². The van der Waals surface area contributed by atoms with E-state index in [1.807, 2.05) is 0 Å². The molecule has 1 aliphatic rings. The fourth-order valence-corrected chi connectivity index (χ4v) is 3.88. The molecule has 0 aromatic heterocycles. The van der Waals surface area contributed by atoms with Crippen LogP contribution in [0.15, 0.2) is 4.99 Å². The number of carboxylic acid groups (broad SMARTS) is 2. The van der Waals surface area contributed by atoms with E-state index in [1.54, 1.807) is 0 Å². The van der Waals surface area contributed by atoms with Crippen molar-refractivity contribution in [1.82, 2.24) is 0 Å². The maximum absolute atomic E-state index is 11.4. The molecule has 1 heterocycles. The van der Waals surface area contributed by atoms with Gasteiger partial charge in [0.25, 0.3) is 0 Å². The first-order chi connectivity index (χ1) is 13.5. The van der Waals surface area contributed by atoms with Crippen LogP contribution in [0.5, 0.6) is 0 Å². The summed E-state index contributed by atoms with van der Waals surface area (Å²) in [5.74, 6) is -0.915. The molecule has 1 atom stereocenters. The summed E-state index contributed by atoms with van der Waals surface area (Å²) in [5.41, 5.74) is 0. The van der Waals surface area contributed by atoms with Crippen molar-refractivity contribution in [2.75, 3.05) is 39.4 Å². The topological polar surface area (TPSA) is 96.2 Å². The quantitative estimate of drug-likeness (QED) is 0.201. The molecule has 0 fully saturated rings. The van der Waals surface area contributed by atoms with Crippen molar-refractivity contribution < 1.29 is 29.0 Å². The molecule has 1 rings (SSSR count). The van der Waals surface area contributed by atoms with Gasteiger partial charge in [0.2, 0.25) is 0 Å². The molecular weight excluding hydrogens is 383 g/mol. The zero-order valence-corrected chi connectivity index (χ0v) is 17.5. The van der Waals surface area contributed by atoms with E-state index in [0.29, 0.717) is 24.1 Å². The minimum atomic E-state index is -1.01. The number of amidine groups is 1. The molecule has 2 N–H and O–H groups in total. The number of hydrogen-bond acceptors (Lipinski definition) is 4. The van der Waals surface area contributed by atoms with Gasteiger partial charge in [-0.25, -0.2) is 14.6 Å². The van der Waals surface area contributed by atoms with E-state index in [1.165, 1.54) is 51.4 Å². The normalized spacial score (nSPS) is 18.3. The molecule has 1 aliphatic heterocycles. The van der Waals surface area contributed by atoms with Crippen molar-refractivity contribution in [3.05, 3.63) is 0 Å². The first kappa shape index (κ1) is 28.5. The van der Waals surface area contributed by atoms with Gasteiger partial charge in [0, 0.05) is 6.42 Å². The molecule has 8 heteroatoms. The Kier molecular flexibility index (Phi) is 17.0. The number of quaternary nitrogens is 1. The first-order valence-corrected chi connectivity index (χ1v) is 10.9. The molecule has 0 radical (unpaired) electrons. The second-order valence-electron chi connectivity index (χ2n) is 7.82. The molecule has 0 aliphatic carbocycles. The summed E-state index contributed by atoms with van der Waals surface area (Å²) >= 11 is 0. The van der Waals surface area contributed by atoms with Crippen LogP contribution in [0.1, 0.15) is 77.6 Å². The van der Waals surface area contributed by atoms with Crippen LogP contribution in [0.2, 0.25) is 0 Å². The van der Waals surface area contributed by atoms with Gasteiger partial charge in [-0.2, -0.15) is 0 Å². The monoisotopic (exact) mass is 423 g/mol. The molecule has 0 aromatic rings. The molecule has 0 amide bonds. The summed E-state index contributed by atoms with van der Waals surface area (Å²) in [7, 11) is 0. The molecule has 29 heavy (non-hydrogen) atoms. The number of hydrogen-bond donors (Lipinski definition) is 2. The van der Waals surface area contributed by atoms with Crippen LogP contribution in [-0.4, -0.2) is 101 Å². The molecule has 1 unspecified atom stereocenters. The van der Waals surface area contributed by atoms with Crippen molar-refractivity contribution >= 4 is 47.3 Å². The Morgan fingerprint density at radius 1 is 0.966 bits per heavy atom. The second-order valence-corrected chi connectivity index (χ2v) is 7.82. The Bertz CT molecular complexity index is 501. The van der Waals surface area contributed by atoms with Crippen LogP contribution in [0.3, 0.4) is 0 Å².